The lowest BCUT2D eigenvalue weighted by Crippen LogP contribution is -1.98. The lowest BCUT2D eigenvalue weighted by molar-refractivity contribution is 1.10. The number of rotatable bonds is 4. The fraction of sp³-hybridized carbons (Fsp3) is 0. The highest BCUT2D eigenvalue weighted by molar-refractivity contribution is 7.26. The molecular weight excluding hydrogens is 553 g/mol. The van der Waals surface area contributed by atoms with Crippen LogP contribution in [0.1, 0.15) is 0 Å². The molecule has 9 rings (SSSR count). The summed E-state index contributed by atoms with van der Waals surface area (Å²) in [4.78, 5) is 5.24. The van der Waals surface area contributed by atoms with E-state index in [0.717, 1.165) is 28.1 Å². The van der Waals surface area contributed by atoms with Gasteiger partial charge in [-0.25, -0.2) is 4.98 Å². The molecule has 206 valence electrons. The summed E-state index contributed by atoms with van der Waals surface area (Å²) in [5.41, 5.74) is 9.06. The Bertz CT molecular complexity index is 2500. The molecule has 3 heteroatoms. The smallest absolute Gasteiger partial charge is 0.145 e. The largest absolute Gasteiger partial charge is 0.292 e. The molecule has 9 aromatic rings. The van der Waals surface area contributed by atoms with Crippen LogP contribution >= 0.6 is 11.3 Å². The van der Waals surface area contributed by atoms with E-state index >= 15 is 0 Å². The molecule has 7 aromatic carbocycles. The highest BCUT2D eigenvalue weighted by atomic mass is 32.1. The predicted molar refractivity (Wildman–Crippen MR) is 188 cm³/mol. The van der Waals surface area contributed by atoms with Gasteiger partial charge in [-0.05, 0) is 87.6 Å². The van der Waals surface area contributed by atoms with Crippen molar-refractivity contribution in [1.29, 1.82) is 0 Å². The summed E-state index contributed by atoms with van der Waals surface area (Å²) in [5, 5.41) is 5.09. The van der Waals surface area contributed by atoms with Gasteiger partial charge in [0.15, 0.2) is 0 Å². The molecule has 0 spiro atoms. The Morgan fingerprint density at radius 2 is 1.20 bits per heavy atom. The van der Waals surface area contributed by atoms with Crippen LogP contribution in [0.4, 0.5) is 0 Å². The summed E-state index contributed by atoms with van der Waals surface area (Å²) < 4.78 is 4.91. The first-order chi connectivity index (χ1) is 21.8. The second-order valence-electron chi connectivity index (χ2n) is 11.2. The molecule has 44 heavy (non-hydrogen) atoms. The number of hydrogen-bond acceptors (Lipinski definition) is 2. The minimum Gasteiger partial charge on any atom is -0.292 e. The molecule has 2 heterocycles. The van der Waals surface area contributed by atoms with Gasteiger partial charge in [-0.1, -0.05) is 103 Å². The van der Waals surface area contributed by atoms with Crippen LogP contribution in [0.15, 0.2) is 158 Å². The molecule has 0 unspecified atom stereocenters. The van der Waals surface area contributed by atoms with Gasteiger partial charge < -0.3 is 0 Å². The first kappa shape index (κ1) is 25.0. The first-order valence-electron chi connectivity index (χ1n) is 14.9. The molecule has 2 nitrogen and oxygen atoms in total. The normalized spacial score (nSPS) is 11.6. The maximum atomic E-state index is 5.24. The lowest BCUT2D eigenvalue weighted by Gasteiger charge is -2.14. The number of imidazole rings is 1. The molecule has 2 aromatic heterocycles. The van der Waals surface area contributed by atoms with Crippen molar-refractivity contribution < 1.29 is 0 Å². The minimum atomic E-state index is 0.935. The number of hydrogen-bond donors (Lipinski definition) is 0. The van der Waals surface area contributed by atoms with Crippen molar-refractivity contribution in [2.75, 3.05) is 0 Å². The van der Waals surface area contributed by atoms with Crippen LogP contribution in [0.5, 0.6) is 0 Å². The second-order valence-corrected chi connectivity index (χ2v) is 12.3. The molecule has 0 fully saturated rings. The topological polar surface area (TPSA) is 17.8 Å². The zero-order chi connectivity index (χ0) is 29.0. The monoisotopic (exact) mass is 578 g/mol. The van der Waals surface area contributed by atoms with E-state index in [1.807, 2.05) is 11.3 Å². The molecule has 0 aliphatic rings. The Morgan fingerprint density at radius 1 is 0.477 bits per heavy atom. The van der Waals surface area contributed by atoms with E-state index in [4.69, 9.17) is 4.98 Å². The SMILES string of the molecule is c1ccc(-n2c(-c3cc(-c4ccc5ccccc5c4)cc(-c4cccc5c4sc4ccccc45)c3)nc3ccccc32)cc1. The third kappa shape index (κ3) is 4.05. The van der Waals surface area contributed by atoms with Crippen LogP contribution in [0.2, 0.25) is 0 Å². The fourth-order valence-electron chi connectivity index (χ4n) is 6.48. The predicted octanol–water partition coefficient (Wildman–Crippen LogP) is 11.5. The van der Waals surface area contributed by atoms with Crippen LogP contribution in [0, 0.1) is 0 Å². The minimum absolute atomic E-state index is 0.935. The van der Waals surface area contributed by atoms with E-state index in [9.17, 15) is 0 Å². The first-order valence-corrected chi connectivity index (χ1v) is 15.7. The van der Waals surface area contributed by atoms with Crippen molar-refractivity contribution in [2.45, 2.75) is 0 Å². The van der Waals surface area contributed by atoms with Gasteiger partial charge in [-0.3, -0.25) is 4.57 Å². The molecule has 0 saturated carbocycles. The number of benzene rings is 7. The maximum Gasteiger partial charge on any atom is 0.145 e. The van der Waals surface area contributed by atoms with Gasteiger partial charge in [-0.15, -0.1) is 11.3 Å². The fourth-order valence-corrected chi connectivity index (χ4v) is 7.72. The van der Waals surface area contributed by atoms with Gasteiger partial charge >= 0.3 is 0 Å². The number of aromatic nitrogens is 2. The standard InChI is InChI=1S/C41H26N2S/c1-2-13-33(14-3-1)43-38-19-8-7-18-37(38)42-41(43)32-25-30(29-22-21-27-11-4-5-12-28(27)23-29)24-31(26-32)34-16-10-17-36-35-15-6-9-20-39(35)44-40(34)36/h1-26H. The Balaban J connectivity index is 1.35. The summed E-state index contributed by atoms with van der Waals surface area (Å²) in [6.45, 7) is 0. The second kappa shape index (κ2) is 10.0. The third-order valence-electron chi connectivity index (χ3n) is 8.56. The van der Waals surface area contributed by atoms with E-state index in [2.05, 4.69) is 162 Å². The van der Waals surface area contributed by atoms with E-state index in [-0.39, 0.29) is 0 Å². The molecule has 0 bridgehead atoms. The maximum absolute atomic E-state index is 5.24. The van der Waals surface area contributed by atoms with Crippen molar-refractivity contribution in [3.63, 3.8) is 0 Å². The molecule has 0 N–H and O–H groups in total. The quantitative estimate of drug-likeness (QED) is 0.203. The zero-order valence-electron chi connectivity index (χ0n) is 23.8. The van der Waals surface area contributed by atoms with E-state index in [1.165, 1.54) is 53.2 Å². The highest BCUT2D eigenvalue weighted by Gasteiger charge is 2.18. The summed E-state index contributed by atoms with van der Waals surface area (Å²) in [6, 6.07) is 56.7. The van der Waals surface area contributed by atoms with Crippen LogP contribution in [-0.4, -0.2) is 9.55 Å². The van der Waals surface area contributed by atoms with Gasteiger partial charge in [-0.2, -0.15) is 0 Å². The third-order valence-corrected chi connectivity index (χ3v) is 9.78. The number of thiophene rings is 1. The van der Waals surface area contributed by atoms with Crippen LogP contribution in [-0.2, 0) is 0 Å². The summed E-state index contributed by atoms with van der Waals surface area (Å²) >= 11 is 1.87. The van der Waals surface area contributed by atoms with Gasteiger partial charge in [0.05, 0.1) is 11.0 Å². The van der Waals surface area contributed by atoms with E-state index in [1.54, 1.807) is 0 Å². The highest BCUT2D eigenvalue weighted by Crippen LogP contribution is 2.42. The molecule has 0 amide bonds. The van der Waals surface area contributed by atoms with Crippen LogP contribution in [0.25, 0.3) is 81.3 Å². The summed E-state index contributed by atoms with van der Waals surface area (Å²) in [5.74, 6) is 0.935. The zero-order valence-corrected chi connectivity index (χ0v) is 24.6. The number of para-hydroxylation sites is 3. The van der Waals surface area contributed by atoms with Crippen LogP contribution in [0.3, 0.4) is 0 Å². The van der Waals surface area contributed by atoms with Gasteiger partial charge in [0, 0.05) is 31.4 Å². The van der Waals surface area contributed by atoms with Crippen molar-refractivity contribution in [3.8, 4) is 39.3 Å². The van der Waals surface area contributed by atoms with Crippen LogP contribution < -0.4 is 0 Å². The molecule has 0 aliphatic carbocycles. The van der Waals surface area contributed by atoms with Gasteiger partial charge in [0.1, 0.15) is 5.82 Å². The average Bonchev–Trinajstić information content (AvgIpc) is 3.67. The molecule has 0 radical (unpaired) electrons. The Labute approximate surface area is 259 Å². The van der Waals surface area contributed by atoms with Crippen molar-refractivity contribution >= 4 is 53.3 Å². The lowest BCUT2D eigenvalue weighted by atomic mass is 9.94. The number of nitrogens with zero attached hydrogens (tertiary/aromatic N) is 2. The van der Waals surface area contributed by atoms with Crippen molar-refractivity contribution in [1.82, 2.24) is 9.55 Å². The Hall–Kier alpha value is -5.51. The van der Waals surface area contributed by atoms with Crippen molar-refractivity contribution in [3.05, 3.63) is 158 Å². The Kier molecular flexibility index (Phi) is 5.71. The molecule has 0 atom stereocenters. The molecular formula is C41H26N2S. The molecule has 0 saturated heterocycles. The van der Waals surface area contributed by atoms with Gasteiger partial charge in [0.25, 0.3) is 0 Å². The van der Waals surface area contributed by atoms with Crippen molar-refractivity contribution in [2.24, 2.45) is 0 Å². The van der Waals surface area contributed by atoms with E-state index in [0.29, 0.717) is 0 Å². The molecule has 0 aliphatic heterocycles. The Morgan fingerprint density at radius 3 is 2.14 bits per heavy atom. The van der Waals surface area contributed by atoms with Gasteiger partial charge in [0.2, 0.25) is 0 Å². The summed E-state index contributed by atoms with van der Waals surface area (Å²) in [6.07, 6.45) is 0. The summed E-state index contributed by atoms with van der Waals surface area (Å²) in [7, 11) is 0. The average molecular weight is 579 g/mol. The number of fused-ring (bicyclic) bond motifs is 5. The van der Waals surface area contributed by atoms with E-state index < -0.39 is 0 Å².